The van der Waals surface area contributed by atoms with Gasteiger partial charge in [0.2, 0.25) is 0 Å². The summed E-state index contributed by atoms with van der Waals surface area (Å²) in [6.07, 6.45) is -0.367. The summed E-state index contributed by atoms with van der Waals surface area (Å²) in [5.74, 6) is 0.885. The molecular weight excluding hydrogens is 599 g/mol. The fourth-order valence-electron chi connectivity index (χ4n) is 7.55. The highest BCUT2D eigenvalue weighted by molar-refractivity contribution is 6.18. The van der Waals surface area contributed by atoms with Crippen LogP contribution in [-0.2, 0) is 0 Å². The first-order valence-corrected chi connectivity index (χ1v) is 16.8. The van der Waals surface area contributed by atoms with E-state index >= 15 is 0 Å². The molecule has 0 fully saturated rings. The molecule has 0 saturated carbocycles. The van der Waals surface area contributed by atoms with Crippen LogP contribution < -0.4 is 10.6 Å². The Labute approximate surface area is 283 Å². The van der Waals surface area contributed by atoms with Crippen molar-refractivity contribution in [2.45, 2.75) is 12.3 Å². The molecule has 2 N–H and O–H groups in total. The molecule has 2 atom stereocenters. The molecule has 0 aliphatic carbocycles. The average molecular weight is 630 g/mol. The van der Waals surface area contributed by atoms with Gasteiger partial charge in [0, 0.05) is 16.3 Å². The maximum absolute atomic E-state index is 6.19. The predicted octanol–water partition coefficient (Wildman–Crippen LogP) is 11.0. The molecule has 0 amide bonds. The Morgan fingerprint density at radius 1 is 0.469 bits per heavy atom. The Hall–Kier alpha value is -6.23. The number of fused-ring (bicyclic) bond motifs is 7. The van der Waals surface area contributed by atoms with Gasteiger partial charge in [-0.2, -0.15) is 0 Å². The number of amidine groups is 1. The van der Waals surface area contributed by atoms with Gasteiger partial charge in [-0.3, -0.25) is 5.32 Å². The van der Waals surface area contributed by atoms with Crippen molar-refractivity contribution in [3.05, 3.63) is 180 Å². The molecule has 1 aromatic heterocycles. The fourth-order valence-corrected chi connectivity index (χ4v) is 7.55. The van der Waals surface area contributed by atoms with Gasteiger partial charge in [-0.1, -0.05) is 133 Å². The van der Waals surface area contributed by atoms with Gasteiger partial charge in [0.15, 0.2) is 0 Å². The Morgan fingerprint density at radius 3 is 2.08 bits per heavy atom. The highest BCUT2D eigenvalue weighted by atomic mass is 16.3. The molecule has 49 heavy (non-hydrogen) atoms. The zero-order chi connectivity index (χ0) is 32.3. The third-order valence-corrected chi connectivity index (χ3v) is 9.91. The second kappa shape index (κ2) is 11.2. The standard InChI is InChI=1S/C45H31N3O/c1-2-11-28(12-3-1)43-46-44(48-45(47-43)39-27-31-13-4-5-14-34(31)36-15-6-7-16-37(36)39)33-24-22-29-25-32(23-21-30(29)26-33)35-18-10-20-41-42(35)38-17-8-9-19-40(38)49-41/h1-27,43-44,46H,(H,47,48). The van der Waals surface area contributed by atoms with Gasteiger partial charge >= 0.3 is 0 Å². The second-order valence-electron chi connectivity index (χ2n) is 12.8. The maximum Gasteiger partial charge on any atom is 0.136 e. The van der Waals surface area contributed by atoms with Crippen molar-refractivity contribution in [2.75, 3.05) is 0 Å². The predicted molar refractivity (Wildman–Crippen MR) is 203 cm³/mol. The van der Waals surface area contributed by atoms with Crippen LogP contribution in [0.4, 0.5) is 0 Å². The SMILES string of the molecule is c1ccc(C2NC(c3cc4ccccc4c4ccccc34)=NC(c3ccc4cc(-c5cccc6oc7ccccc7c56)ccc4c3)N2)cc1. The van der Waals surface area contributed by atoms with Crippen LogP contribution in [0.3, 0.4) is 0 Å². The van der Waals surface area contributed by atoms with Crippen LogP contribution in [0.15, 0.2) is 173 Å². The molecule has 0 radical (unpaired) electrons. The van der Waals surface area contributed by atoms with Crippen molar-refractivity contribution < 1.29 is 4.42 Å². The Kier molecular flexibility index (Phi) is 6.36. The maximum atomic E-state index is 6.19. The minimum atomic E-state index is -0.248. The smallest absolute Gasteiger partial charge is 0.136 e. The highest BCUT2D eigenvalue weighted by Gasteiger charge is 2.27. The van der Waals surface area contributed by atoms with E-state index in [0.717, 1.165) is 44.5 Å². The summed E-state index contributed by atoms with van der Waals surface area (Å²) < 4.78 is 6.19. The summed E-state index contributed by atoms with van der Waals surface area (Å²) in [6.45, 7) is 0. The zero-order valence-electron chi connectivity index (χ0n) is 26.6. The van der Waals surface area contributed by atoms with E-state index < -0.39 is 0 Å². The third-order valence-electron chi connectivity index (χ3n) is 9.91. The topological polar surface area (TPSA) is 49.6 Å². The Balaban J connectivity index is 1.09. The van der Waals surface area contributed by atoms with Crippen LogP contribution in [0.5, 0.6) is 0 Å². The van der Waals surface area contributed by atoms with Crippen molar-refractivity contribution in [3.63, 3.8) is 0 Å². The Bertz CT molecular complexity index is 2740. The van der Waals surface area contributed by atoms with Gasteiger partial charge in [0.25, 0.3) is 0 Å². The number of nitrogens with zero attached hydrogens (tertiary/aromatic N) is 1. The van der Waals surface area contributed by atoms with Crippen LogP contribution in [-0.4, -0.2) is 5.84 Å². The summed E-state index contributed by atoms with van der Waals surface area (Å²) in [4.78, 5) is 5.37. The van der Waals surface area contributed by atoms with Crippen LogP contribution in [0.1, 0.15) is 29.0 Å². The molecule has 2 heterocycles. The molecule has 0 bridgehead atoms. The minimum Gasteiger partial charge on any atom is -0.456 e. The van der Waals surface area contributed by atoms with Crippen LogP contribution in [0.25, 0.3) is 65.4 Å². The molecule has 0 saturated heterocycles. The summed E-state index contributed by atoms with van der Waals surface area (Å²) in [6, 6.07) is 58.1. The number of para-hydroxylation sites is 1. The van der Waals surface area contributed by atoms with Crippen LogP contribution in [0.2, 0.25) is 0 Å². The van der Waals surface area contributed by atoms with Gasteiger partial charge in [-0.25, -0.2) is 4.99 Å². The van der Waals surface area contributed by atoms with E-state index in [1.165, 1.54) is 43.4 Å². The zero-order valence-corrected chi connectivity index (χ0v) is 26.6. The van der Waals surface area contributed by atoms with Crippen molar-refractivity contribution in [1.82, 2.24) is 10.6 Å². The first-order chi connectivity index (χ1) is 24.3. The monoisotopic (exact) mass is 629 g/mol. The second-order valence-corrected chi connectivity index (χ2v) is 12.8. The summed E-state index contributed by atoms with van der Waals surface area (Å²) in [5.41, 5.74) is 7.56. The quantitative estimate of drug-likeness (QED) is 0.190. The van der Waals surface area contributed by atoms with Crippen molar-refractivity contribution >= 4 is 60.1 Å². The van der Waals surface area contributed by atoms with Gasteiger partial charge in [-0.05, 0) is 84.9 Å². The minimum absolute atomic E-state index is 0.118. The number of aliphatic imine (C=N–C) groups is 1. The molecule has 232 valence electrons. The van der Waals surface area contributed by atoms with E-state index in [-0.39, 0.29) is 12.3 Å². The summed E-state index contributed by atoms with van der Waals surface area (Å²) >= 11 is 0. The van der Waals surface area contributed by atoms with Crippen molar-refractivity contribution in [3.8, 4) is 11.1 Å². The molecule has 0 spiro atoms. The van der Waals surface area contributed by atoms with Crippen LogP contribution in [0, 0.1) is 0 Å². The molecule has 1 aliphatic rings. The van der Waals surface area contributed by atoms with Gasteiger partial charge in [0.1, 0.15) is 29.3 Å². The van der Waals surface area contributed by atoms with E-state index in [1.807, 2.05) is 12.1 Å². The first-order valence-electron chi connectivity index (χ1n) is 16.8. The number of nitrogens with one attached hydrogen (secondary N) is 2. The van der Waals surface area contributed by atoms with E-state index in [0.29, 0.717) is 0 Å². The summed E-state index contributed by atoms with van der Waals surface area (Å²) in [7, 11) is 0. The molecule has 9 aromatic rings. The van der Waals surface area contributed by atoms with E-state index in [9.17, 15) is 0 Å². The number of furan rings is 1. The molecule has 8 aromatic carbocycles. The van der Waals surface area contributed by atoms with Crippen LogP contribution >= 0.6 is 0 Å². The molecule has 4 nitrogen and oxygen atoms in total. The molecule has 10 rings (SSSR count). The lowest BCUT2D eigenvalue weighted by Crippen LogP contribution is -2.45. The lowest BCUT2D eigenvalue weighted by molar-refractivity contribution is 0.409. The third kappa shape index (κ3) is 4.68. The molecule has 4 heteroatoms. The number of hydrogen-bond acceptors (Lipinski definition) is 4. The number of hydrogen-bond donors (Lipinski definition) is 2. The lowest BCUT2D eigenvalue weighted by atomic mass is 9.95. The largest absolute Gasteiger partial charge is 0.456 e. The van der Waals surface area contributed by atoms with Gasteiger partial charge < -0.3 is 9.73 Å². The van der Waals surface area contributed by atoms with Gasteiger partial charge in [0.05, 0.1) is 0 Å². The van der Waals surface area contributed by atoms with Gasteiger partial charge in [-0.15, -0.1) is 0 Å². The summed E-state index contributed by atoms with van der Waals surface area (Å²) in [5, 5.41) is 17.1. The van der Waals surface area contributed by atoms with Crippen molar-refractivity contribution in [2.24, 2.45) is 4.99 Å². The lowest BCUT2D eigenvalue weighted by Gasteiger charge is -2.32. The highest BCUT2D eigenvalue weighted by Crippen LogP contribution is 2.38. The van der Waals surface area contributed by atoms with E-state index in [1.54, 1.807) is 0 Å². The van der Waals surface area contributed by atoms with Crippen molar-refractivity contribution in [1.29, 1.82) is 0 Å². The van der Waals surface area contributed by atoms with E-state index in [4.69, 9.17) is 9.41 Å². The van der Waals surface area contributed by atoms with E-state index in [2.05, 4.69) is 162 Å². The molecular formula is C45H31N3O. The number of rotatable bonds is 4. The first kappa shape index (κ1) is 27.8. The average Bonchev–Trinajstić information content (AvgIpc) is 3.56. The number of benzene rings is 8. The Morgan fingerprint density at radius 2 is 1.18 bits per heavy atom. The normalized spacial score (nSPS) is 16.4. The molecule has 1 aliphatic heterocycles. The molecule has 2 unspecified atom stereocenters. The fraction of sp³-hybridized carbons (Fsp3) is 0.0444.